The van der Waals surface area contributed by atoms with Gasteiger partial charge in [-0.1, -0.05) is 72.0 Å². The van der Waals surface area contributed by atoms with E-state index in [0.29, 0.717) is 32.1 Å². The Morgan fingerprint density at radius 3 is 2.36 bits per heavy atom. The van der Waals surface area contributed by atoms with Crippen LogP contribution in [0.4, 0.5) is 10.1 Å². The molecule has 3 heterocycles. The summed E-state index contributed by atoms with van der Waals surface area (Å²) in [5.41, 5.74) is 2.98. The number of amides is 1. The lowest BCUT2D eigenvalue weighted by Gasteiger charge is -2.17. The van der Waals surface area contributed by atoms with Gasteiger partial charge in [0, 0.05) is 11.1 Å². The van der Waals surface area contributed by atoms with Crippen molar-refractivity contribution in [2.24, 2.45) is 0 Å². The fraction of sp³-hybridized carbons (Fsp3) is 0.0400. The lowest BCUT2D eigenvalue weighted by Crippen LogP contribution is -2.32. The second-order valence-corrected chi connectivity index (χ2v) is 8.62. The number of nitrogens with zero attached hydrogens (tertiary/aromatic N) is 4. The SMILES string of the molecule is O=C1C(=c2sc3nc(-c4ccccc4)nn3c2=O)c2ccccc2N1Cc1ccc(F)cc1. The molecule has 0 atom stereocenters. The third kappa shape index (κ3) is 3.15. The number of benzene rings is 3. The summed E-state index contributed by atoms with van der Waals surface area (Å²) in [5, 5.41) is 4.38. The van der Waals surface area contributed by atoms with Gasteiger partial charge in [0.15, 0.2) is 5.82 Å². The van der Waals surface area contributed by atoms with Crippen molar-refractivity contribution in [1.82, 2.24) is 14.6 Å². The molecule has 5 aromatic rings. The van der Waals surface area contributed by atoms with Crippen molar-refractivity contribution in [2.75, 3.05) is 4.90 Å². The van der Waals surface area contributed by atoms with Crippen LogP contribution in [0.25, 0.3) is 21.9 Å². The number of anilines is 1. The van der Waals surface area contributed by atoms with Crippen LogP contribution in [0.15, 0.2) is 83.7 Å². The van der Waals surface area contributed by atoms with Gasteiger partial charge in [-0.15, -0.1) is 5.10 Å². The smallest absolute Gasteiger partial charge is 0.291 e. The van der Waals surface area contributed by atoms with E-state index in [2.05, 4.69) is 10.1 Å². The van der Waals surface area contributed by atoms with E-state index < -0.39 is 0 Å². The predicted octanol–water partition coefficient (Wildman–Crippen LogP) is 3.42. The molecule has 8 heteroatoms. The first-order valence-corrected chi connectivity index (χ1v) is 11.1. The molecule has 1 aliphatic rings. The third-order valence-electron chi connectivity index (χ3n) is 5.59. The predicted molar refractivity (Wildman–Crippen MR) is 124 cm³/mol. The monoisotopic (exact) mass is 454 g/mol. The zero-order valence-electron chi connectivity index (χ0n) is 17.1. The molecule has 3 aromatic carbocycles. The van der Waals surface area contributed by atoms with Crippen LogP contribution in [0.3, 0.4) is 0 Å². The summed E-state index contributed by atoms with van der Waals surface area (Å²) in [4.78, 5) is 33.3. The Hall–Kier alpha value is -4.17. The number of hydrogen-bond donors (Lipinski definition) is 0. The molecular weight excluding hydrogens is 439 g/mol. The first-order chi connectivity index (χ1) is 16.1. The second-order valence-electron chi connectivity index (χ2n) is 7.64. The zero-order valence-corrected chi connectivity index (χ0v) is 17.9. The zero-order chi connectivity index (χ0) is 22.5. The molecule has 33 heavy (non-hydrogen) atoms. The van der Waals surface area contributed by atoms with Gasteiger partial charge in [0.05, 0.1) is 17.8 Å². The van der Waals surface area contributed by atoms with Crippen LogP contribution in [0.1, 0.15) is 11.1 Å². The summed E-state index contributed by atoms with van der Waals surface area (Å²) in [7, 11) is 0. The van der Waals surface area contributed by atoms with Crippen LogP contribution in [-0.4, -0.2) is 20.5 Å². The molecule has 0 fully saturated rings. The molecule has 0 bridgehead atoms. The van der Waals surface area contributed by atoms with Crippen molar-refractivity contribution in [1.29, 1.82) is 0 Å². The molecular formula is C25H15FN4O2S. The first-order valence-electron chi connectivity index (χ1n) is 10.2. The minimum atomic E-state index is -0.369. The van der Waals surface area contributed by atoms with Gasteiger partial charge in [0.25, 0.3) is 11.5 Å². The first kappa shape index (κ1) is 19.5. The Morgan fingerprint density at radius 1 is 0.879 bits per heavy atom. The number of rotatable bonds is 3. The average molecular weight is 454 g/mol. The molecule has 6 nitrogen and oxygen atoms in total. The Bertz CT molecular complexity index is 1640. The summed E-state index contributed by atoms with van der Waals surface area (Å²) in [5.74, 6) is -0.142. The fourth-order valence-corrected chi connectivity index (χ4v) is 5.02. The standard InChI is InChI=1S/C25H15FN4O2S/c26-17-12-10-15(11-13-17)14-29-19-9-5-4-8-18(19)20(23(29)31)21-24(32)30-25(33-21)27-22(28-30)16-6-2-1-3-7-16/h1-13H,14H2. The minimum absolute atomic E-state index is 0.271. The molecule has 0 N–H and O–H groups in total. The van der Waals surface area contributed by atoms with Crippen molar-refractivity contribution in [3.63, 3.8) is 0 Å². The van der Waals surface area contributed by atoms with Crippen LogP contribution in [0, 0.1) is 5.82 Å². The molecule has 1 aliphatic heterocycles. The van der Waals surface area contributed by atoms with Crippen LogP contribution < -0.4 is 15.0 Å². The number of carbonyl (C=O) groups is 1. The summed E-state index contributed by atoms with van der Waals surface area (Å²) >= 11 is 1.16. The maximum Gasteiger partial charge on any atom is 0.291 e. The maximum absolute atomic E-state index is 13.5. The van der Waals surface area contributed by atoms with Crippen LogP contribution in [0.2, 0.25) is 0 Å². The third-order valence-corrected chi connectivity index (χ3v) is 6.62. The van der Waals surface area contributed by atoms with E-state index in [1.54, 1.807) is 17.0 Å². The number of halogens is 1. The minimum Gasteiger partial charge on any atom is -0.303 e. The van der Waals surface area contributed by atoms with E-state index >= 15 is 0 Å². The summed E-state index contributed by atoms with van der Waals surface area (Å²) in [6, 6.07) is 22.8. The lowest BCUT2D eigenvalue weighted by atomic mass is 10.1. The number of thiazole rings is 1. The van der Waals surface area contributed by atoms with Gasteiger partial charge < -0.3 is 4.90 Å². The fourth-order valence-electron chi connectivity index (χ4n) is 4.02. The number of aromatic nitrogens is 3. The summed E-state index contributed by atoms with van der Waals surface area (Å²) in [6.45, 7) is 0.271. The summed E-state index contributed by atoms with van der Waals surface area (Å²) in [6.07, 6.45) is 0. The quantitative estimate of drug-likeness (QED) is 0.419. The normalized spacial score (nSPS) is 14.8. The lowest BCUT2D eigenvalue weighted by molar-refractivity contribution is -0.113. The van der Waals surface area contributed by atoms with Gasteiger partial charge >= 0.3 is 0 Å². The Kier molecular flexibility index (Phi) is 4.41. The van der Waals surface area contributed by atoms with E-state index in [9.17, 15) is 14.0 Å². The molecule has 0 saturated heterocycles. The van der Waals surface area contributed by atoms with Crippen LogP contribution in [-0.2, 0) is 11.3 Å². The largest absolute Gasteiger partial charge is 0.303 e. The molecule has 1 amide bonds. The molecule has 0 unspecified atom stereocenters. The molecule has 0 spiro atoms. The highest BCUT2D eigenvalue weighted by atomic mass is 32.1. The number of para-hydroxylation sites is 1. The van der Waals surface area contributed by atoms with E-state index in [0.717, 1.165) is 22.5 Å². The highest BCUT2D eigenvalue weighted by Crippen LogP contribution is 2.36. The summed E-state index contributed by atoms with van der Waals surface area (Å²) < 4.78 is 14.9. The molecule has 6 rings (SSSR count). The van der Waals surface area contributed by atoms with E-state index in [1.807, 2.05) is 54.6 Å². The van der Waals surface area contributed by atoms with Gasteiger partial charge in [-0.05, 0) is 23.8 Å². The van der Waals surface area contributed by atoms with Gasteiger partial charge in [0.1, 0.15) is 10.3 Å². The second kappa shape index (κ2) is 7.46. The Morgan fingerprint density at radius 2 is 1.61 bits per heavy atom. The van der Waals surface area contributed by atoms with Crippen molar-refractivity contribution < 1.29 is 9.18 Å². The molecule has 0 aliphatic carbocycles. The van der Waals surface area contributed by atoms with E-state index in [1.165, 1.54) is 16.6 Å². The molecule has 2 aromatic heterocycles. The Balaban J connectivity index is 1.49. The number of hydrogen-bond acceptors (Lipinski definition) is 5. The van der Waals surface area contributed by atoms with Crippen LogP contribution >= 0.6 is 11.3 Å². The van der Waals surface area contributed by atoms with Crippen molar-refractivity contribution in [2.45, 2.75) is 6.54 Å². The highest BCUT2D eigenvalue weighted by Gasteiger charge is 2.34. The number of carbonyl (C=O) groups excluding carboxylic acids is 1. The van der Waals surface area contributed by atoms with Crippen molar-refractivity contribution in [3.8, 4) is 11.4 Å². The van der Waals surface area contributed by atoms with E-state index in [4.69, 9.17) is 0 Å². The topological polar surface area (TPSA) is 67.6 Å². The molecule has 160 valence electrons. The number of fused-ring (bicyclic) bond motifs is 2. The van der Waals surface area contributed by atoms with Gasteiger partial charge in [-0.25, -0.2) is 4.39 Å². The molecule has 0 saturated carbocycles. The van der Waals surface area contributed by atoms with Gasteiger partial charge in [-0.2, -0.15) is 9.50 Å². The van der Waals surface area contributed by atoms with Gasteiger partial charge in [-0.3, -0.25) is 9.59 Å². The van der Waals surface area contributed by atoms with E-state index in [-0.39, 0.29) is 23.8 Å². The highest BCUT2D eigenvalue weighted by molar-refractivity contribution is 7.15. The van der Waals surface area contributed by atoms with Gasteiger partial charge in [0.2, 0.25) is 4.96 Å². The van der Waals surface area contributed by atoms with Crippen molar-refractivity contribution >= 4 is 33.5 Å². The van der Waals surface area contributed by atoms with Crippen LogP contribution in [0.5, 0.6) is 0 Å². The maximum atomic E-state index is 13.5. The molecule has 0 radical (unpaired) electrons. The average Bonchev–Trinajstić information content (AvgIpc) is 3.47. The Labute approximate surface area is 190 Å². The van der Waals surface area contributed by atoms with Crippen molar-refractivity contribution in [3.05, 3.63) is 111 Å².